The topological polar surface area (TPSA) is 81.1 Å². The van der Waals surface area contributed by atoms with Crippen LogP contribution < -0.4 is 4.74 Å². The maximum Gasteiger partial charge on any atom is 0.274 e. The van der Waals surface area contributed by atoms with Gasteiger partial charge in [-0.3, -0.25) is 14.8 Å². The molecule has 0 aliphatic carbocycles. The zero-order valence-corrected chi connectivity index (χ0v) is 15.0. The Morgan fingerprint density at radius 1 is 1.14 bits per heavy atom. The number of hydrogen-bond donors (Lipinski definition) is 0. The van der Waals surface area contributed by atoms with E-state index in [2.05, 4.69) is 19.9 Å². The van der Waals surface area contributed by atoms with E-state index in [4.69, 9.17) is 4.74 Å². The van der Waals surface area contributed by atoms with Crippen molar-refractivity contribution in [2.75, 3.05) is 13.1 Å². The Morgan fingerprint density at radius 3 is 2.82 bits per heavy atom. The molecule has 0 bridgehead atoms. The molecule has 1 aliphatic heterocycles. The molecular formula is C20H18FN5O2. The molecule has 0 radical (unpaired) electrons. The molecule has 1 aliphatic rings. The summed E-state index contributed by atoms with van der Waals surface area (Å²) in [6.07, 6.45) is 9.30. The second kappa shape index (κ2) is 8.08. The number of hydrogen-bond acceptors (Lipinski definition) is 6. The van der Waals surface area contributed by atoms with E-state index in [0.717, 1.165) is 12.8 Å². The lowest BCUT2D eigenvalue weighted by Crippen LogP contribution is -2.39. The van der Waals surface area contributed by atoms with Crippen molar-refractivity contribution in [1.29, 1.82) is 0 Å². The van der Waals surface area contributed by atoms with E-state index in [-0.39, 0.29) is 17.6 Å². The van der Waals surface area contributed by atoms with E-state index < -0.39 is 0 Å². The van der Waals surface area contributed by atoms with Crippen LogP contribution in [0.3, 0.4) is 0 Å². The lowest BCUT2D eigenvalue weighted by atomic mass is 9.94. The van der Waals surface area contributed by atoms with Crippen LogP contribution in [0.5, 0.6) is 11.6 Å². The maximum absolute atomic E-state index is 13.5. The van der Waals surface area contributed by atoms with Crippen LogP contribution in [0.15, 0.2) is 55.2 Å². The second-order valence-electron chi connectivity index (χ2n) is 6.49. The average Bonchev–Trinajstić information content (AvgIpc) is 2.74. The number of carbonyl (C=O) groups excluding carboxylic acids is 1. The highest BCUT2D eigenvalue weighted by Gasteiger charge is 2.29. The summed E-state index contributed by atoms with van der Waals surface area (Å²) in [7, 11) is 0. The normalized spacial score (nSPS) is 16.6. The van der Waals surface area contributed by atoms with Gasteiger partial charge >= 0.3 is 0 Å². The van der Waals surface area contributed by atoms with E-state index in [1.165, 1.54) is 36.9 Å². The third-order valence-corrected chi connectivity index (χ3v) is 4.58. The molecule has 1 saturated heterocycles. The summed E-state index contributed by atoms with van der Waals surface area (Å²) in [6, 6.07) is 5.87. The number of aromatic nitrogens is 4. The van der Waals surface area contributed by atoms with Gasteiger partial charge in [-0.1, -0.05) is 6.07 Å². The zero-order valence-electron chi connectivity index (χ0n) is 15.0. The predicted octanol–water partition coefficient (Wildman–Crippen LogP) is 3.22. The molecule has 1 atom stereocenters. The van der Waals surface area contributed by atoms with Crippen LogP contribution in [0.4, 0.5) is 4.39 Å². The lowest BCUT2D eigenvalue weighted by Gasteiger charge is -2.32. The Bertz CT molecular complexity index is 970. The third kappa shape index (κ3) is 3.95. The molecule has 1 amide bonds. The Morgan fingerprint density at radius 2 is 2.00 bits per heavy atom. The first-order valence-electron chi connectivity index (χ1n) is 9.00. The van der Waals surface area contributed by atoms with Gasteiger partial charge < -0.3 is 9.64 Å². The van der Waals surface area contributed by atoms with Gasteiger partial charge in [0.25, 0.3) is 5.91 Å². The average molecular weight is 379 g/mol. The highest BCUT2D eigenvalue weighted by Crippen LogP contribution is 2.33. The molecule has 7 nitrogen and oxygen atoms in total. The van der Waals surface area contributed by atoms with Crippen LogP contribution in [0.25, 0.3) is 0 Å². The van der Waals surface area contributed by atoms with Gasteiger partial charge in [-0.05, 0) is 25.0 Å². The number of rotatable bonds is 4. The Hall–Kier alpha value is -3.42. The highest BCUT2D eigenvalue weighted by molar-refractivity contribution is 5.92. The van der Waals surface area contributed by atoms with Gasteiger partial charge in [-0.2, -0.15) is 0 Å². The van der Waals surface area contributed by atoms with Gasteiger partial charge in [0, 0.05) is 49.9 Å². The lowest BCUT2D eigenvalue weighted by molar-refractivity contribution is 0.0698. The summed E-state index contributed by atoms with van der Waals surface area (Å²) in [5.41, 5.74) is 0.974. The number of halogens is 1. The Kier molecular flexibility index (Phi) is 5.18. The first-order valence-corrected chi connectivity index (χ1v) is 9.00. The molecule has 0 spiro atoms. The molecule has 1 fully saturated rings. The summed E-state index contributed by atoms with van der Waals surface area (Å²) in [5, 5.41) is 0. The fraction of sp³-hybridized carbons (Fsp3) is 0.250. The first-order chi connectivity index (χ1) is 13.7. The number of carbonyl (C=O) groups is 1. The van der Waals surface area contributed by atoms with E-state index >= 15 is 0 Å². The van der Waals surface area contributed by atoms with Crippen LogP contribution in [0, 0.1) is 5.82 Å². The van der Waals surface area contributed by atoms with E-state index in [0.29, 0.717) is 36.1 Å². The minimum absolute atomic E-state index is 0.0355. The van der Waals surface area contributed by atoms with E-state index in [1.54, 1.807) is 23.2 Å². The maximum atomic E-state index is 13.5. The number of benzene rings is 1. The standard InChI is InChI=1S/C20H18FN5O2/c21-15-4-1-5-16(11-15)28-19-18(24-8-9-25-19)14-3-2-10-26(13-14)20(27)17-12-22-6-7-23-17/h1,4-9,11-12,14H,2-3,10,13H2. The van der Waals surface area contributed by atoms with Crippen molar-refractivity contribution in [1.82, 2.24) is 24.8 Å². The zero-order chi connectivity index (χ0) is 19.3. The molecule has 4 rings (SSSR count). The predicted molar refractivity (Wildman–Crippen MR) is 98.4 cm³/mol. The smallest absolute Gasteiger partial charge is 0.274 e. The van der Waals surface area contributed by atoms with Crippen molar-refractivity contribution >= 4 is 5.91 Å². The van der Waals surface area contributed by atoms with Crippen molar-refractivity contribution < 1.29 is 13.9 Å². The van der Waals surface area contributed by atoms with Gasteiger partial charge in [-0.15, -0.1) is 0 Å². The molecule has 8 heteroatoms. The largest absolute Gasteiger partial charge is 0.437 e. The van der Waals surface area contributed by atoms with Crippen molar-refractivity contribution in [2.24, 2.45) is 0 Å². The first kappa shape index (κ1) is 18.0. The Balaban J connectivity index is 1.55. The van der Waals surface area contributed by atoms with Crippen molar-refractivity contribution in [3.8, 4) is 11.6 Å². The summed E-state index contributed by atoms with van der Waals surface area (Å²) < 4.78 is 19.2. The fourth-order valence-electron chi connectivity index (χ4n) is 3.29. The number of piperidine rings is 1. The summed E-state index contributed by atoms with van der Waals surface area (Å²) in [4.78, 5) is 31.2. The van der Waals surface area contributed by atoms with Crippen molar-refractivity contribution in [2.45, 2.75) is 18.8 Å². The van der Waals surface area contributed by atoms with Crippen LogP contribution in [-0.2, 0) is 0 Å². The van der Waals surface area contributed by atoms with Crippen LogP contribution in [0.1, 0.15) is 34.9 Å². The molecule has 3 heterocycles. The molecule has 1 unspecified atom stereocenters. The Labute approximate surface area is 161 Å². The molecule has 0 N–H and O–H groups in total. The van der Waals surface area contributed by atoms with Crippen LogP contribution in [-0.4, -0.2) is 43.8 Å². The number of nitrogens with zero attached hydrogens (tertiary/aromatic N) is 5. The molecule has 0 saturated carbocycles. The van der Waals surface area contributed by atoms with Gasteiger partial charge in [0.05, 0.1) is 6.20 Å². The van der Waals surface area contributed by atoms with Gasteiger partial charge in [-0.25, -0.2) is 14.4 Å². The molecular weight excluding hydrogens is 361 g/mol. The van der Waals surface area contributed by atoms with Gasteiger partial charge in [0.2, 0.25) is 5.88 Å². The molecule has 142 valence electrons. The summed E-state index contributed by atoms with van der Waals surface area (Å²) >= 11 is 0. The SMILES string of the molecule is O=C(c1cnccn1)N1CCCC(c2nccnc2Oc2cccc(F)c2)C1. The third-order valence-electron chi connectivity index (χ3n) is 4.58. The monoisotopic (exact) mass is 379 g/mol. The van der Waals surface area contributed by atoms with Crippen LogP contribution >= 0.6 is 0 Å². The van der Waals surface area contributed by atoms with Crippen molar-refractivity contribution in [3.05, 3.63) is 72.5 Å². The highest BCUT2D eigenvalue weighted by atomic mass is 19.1. The van der Waals surface area contributed by atoms with Gasteiger partial charge in [0.1, 0.15) is 23.0 Å². The quantitative estimate of drug-likeness (QED) is 0.692. The van der Waals surface area contributed by atoms with Crippen molar-refractivity contribution in [3.63, 3.8) is 0 Å². The van der Waals surface area contributed by atoms with E-state index in [1.807, 2.05) is 0 Å². The van der Waals surface area contributed by atoms with Crippen LogP contribution in [0.2, 0.25) is 0 Å². The van der Waals surface area contributed by atoms with E-state index in [9.17, 15) is 9.18 Å². The number of amides is 1. The molecule has 1 aromatic carbocycles. The molecule has 3 aromatic rings. The second-order valence-corrected chi connectivity index (χ2v) is 6.49. The summed E-state index contributed by atoms with van der Waals surface area (Å²) in [6.45, 7) is 1.12. The fourth-order valence-corrected chi connectivity index (χ4v) is 3.29. The molecule has 2 aromatic heterocycles. The number of likely N-dealkylation sites (tertiary alicyclic amines) is 1. The van der Waals surface area contributed by atoms with Gasteiger partial charge in [0.15, 0.2) is 0 Å². The minimum atomic E-state index is -0.388. The number of ether oxygens (including phenoxy) is 1. The summed E-state index contributed by atoms with van der Waals surface area (Å²) in [5.74, 6) is 0.0965. The minimum Gasteiger partial charge on any atom is -0.437 e. The molecule has 28 heavy (non-hydrogen) atoms.